The lowest BCUT2D eigenvalue weighted by molar-refractivity contribution is -0.135. The number of benzene rings is 1. The lowest BCUT2D eigenvalue weighted by atomic mass is 10.1. The number of ether oxygens (including phenoxy) is 1. The standard InChI is InChI=1S/C17H22O3Si/c1-13(18)8-7-11-15-16(12-20-17(15)19)21(2,3)14-9-5-4-6-10-14/h4-6,9-11,16H,7-8,12H2,1-3H3/b15-11-/t16-/m0/s1. The molecule has 1 atom stereocenters. The number of hydrogen-bond acceptors (Lipinski definition) is 3. The average Bonchev–Trinajstić information content (AvgIpc) is 2.82. The summed E-state index contributed by atoms with van der Waals surface area (Å²) in [6.45, 7) is 6.59. The van der Waals surface area contributed by atoms with E-state index in [0.29, 0.717) is 19.4 Å². The number of ketones is 1. The van der Waals surface area contributed by atoms with Crippen molar-refractivity contribution in [3.05, 3.63) is 42.0 Å². The molecule has 2 rings (SSSR count). The Morgan fingerprint density at radius 2 is 2.00 bits per heavy atom. The first-order valence-electron chi connectivity index (χ1n) is 7.35. The summed E-state index contributed by atoms with van der Waals surface area (Å²) in [5.74, 6) is -0.0608. The predicted octanol–water partition coefficient (Wildman–Crippen LogP) is 2.82. The van der Waals surface area contributed by atoms with Crippen molar-refractivity contribution < 1.29 is 14.3 Å². The summed E-state index contributed by atoms with van der Waals surface area (Å²) in [4.78, 5) is 23.0. The molecule has 0 amide bonds. The molecule has 0 saturated carbocycles. The predicted molar refractivity (Wildman–Crippen MR) is 86.3 cm³/mol. The van der Waals surface area contributed by atoms with Crippen LogP contribution in [0, 0.1) is 0 Å². The van der Waals surface area contributed by atoms with Crippen LogP contribution < -0.4 is 5.19 Å². The molecule has 0 bridgehead atoms. The van der Waals surface area contributed by atoms with Gasteiger partial charge in [-0.3, -0.25) is 0 Å². The molecule has 1 aromatic carbocycles. The summed E-state index contributed by atoms with van der Waals surface area (Å²) in [5.41, 5.74) is 0.941. The number of esters is 1. The summed E-state index contributed by atoms with van der Waals surface area (Å²) in [6, 6.07) is 10.4. The molecular formula is C17H22O3Si. The van der Waals surface area contributed by atoms with Crippen LogP contribution in [0.4, 0.5) is 0 Å². The molecule has 0 radical (unpaired) electrons. The van der Waals surface area contributed by atoms with Gasteiger partial charge in [-0.2, -0.15) is 0 Å². The van der Waals surface area contributed by atoms with E-state index in [4.69, 9.17) is 4.74 Å². The fourth-order valence-electron chi connectivity index (χ4n) is 2.80. The number of hydrogen-bond donors (Lipinski definition) is 0. The van der Waals surface area contributed by atoms with Crippen molar-refractivity contribution in [2.45, 2.75) is 38.4 Å². The zero-order chi connectivity index (χ0) is 15.5. The minimum absolute atomic E-state index is 0.148. The minimum Gasteiger partial charge on any atom is -0.462 e. The molecule has 1 aliphatic heterocycles. The normalized spacial score (nSPS) is 20.6. The van der Waals surface area contributed by atoms with E-state index < -0.39 is 8.07 Å². The second kappa shape index (κ2) is 6.39. The van der Waals surface area contributed by atoms with E-state index in [0.717, 1.165) is 5.57 Å². The molecule has 1 aromatic rings. The van der Waals surface area contributed by atoms with Crippen LogP contribution in [-0.2, 0) is 14.3 Å². The first-order valence-corrected chi connectivity index (χ1v) is 10.4. The van der Waals surface area contributed by atoms with Crippen molar-refractivity contribution >= 4 is 25.0 Å². The van der Waals surface area contributed by atoms with Crippen LogP contribution in [0.15, 0.2) is 42.0 Å². The number of allylic oxidation sites excluding steroid dienone is 1. The van der Waals surface area contributed by atoms with Gasteiger partial charge in [0.1, 0.15) is 5.78 Å². The van der Waals surface area contributed by atoms with Crippen molar-refractivity contribution in [1.82, 2.24) is 0 Å². The molecule has 0 aromatic heterocycles. The van der Waals surface area contributed by atoms with Crippen molar-refractivity contribution in [2.24, 2.45) is 0 Å². The molecule has 0 N–H and O–H groups in total. The van der Waals surface area contributed by atoms with Gasteiger partial charge in [-0.25, -0.2) is 4.79 Å². The second-order valence-corrected chi connectivity index (χ2v) is 10.9. The van der Waals surface area contributed by atoms with E-state index in [1.165, 1.54) is 5.19 Å². The zero-order valence-corrected chi connectivity index (χ0v) is 13.9. The Morgan fingerprint density at radius 1 is 1.33 bits per heavy atom. The SMILES string of the molecule is CC(=O)CC/C=C1\C(=O)OC[C@@H]1[Si](C)(C)c1ccccc1. The Bertz CT molecular complexity index is 561. The summed E-state index contributed by atoms with van der Waals surface area (Å²) < 4.78 is 5.29. The number of cyclic esters (lactones) is 1. The van der Waals surface area contributed by atoms with Crippen LogP contribution in [0.1, 0.15) is 19.8 Å². The van der Waals surface area contributed by atoms with Crippen molar-refractivity contribution in [2.75, 3.05) is 6.61 Å². The minimum atomic E-state index is -1.83. The maximum atomic E-state index is 12.0. The van der Waals surface area contributed by atoms with E-state index in [2.05, 4.69) is 25.2 Å². The highest BCUT2D eigenvalue weighted by atomic mass is 28.3. The molecule has 1 heterocycles. The molecule has 4 heteroatoms. The molecule has 1 saturated heterocycles. The summed E-state index contributed by atoms with van der Waals surface area (Å²) in [5, 5.41) is 1.32. The number of carbonyl (C=O) groups excluding carboxylic acids is 2. The third-order valence-corrected chi connectivity index (χ3v) is 8.28. The molecule has 1 fully saturated rings. The summed E-state index contributed by atoms with van der Waals surface area (Å²) in [7, 11) is -1.83. The largest absolute Gasteiger partial charge is 0.462 e. The van der Waals surface area contributed by atoms with Gasteiger partial charge in [0.2, 0.25) is 0 Å². The summed E-state index contributed by atoms with van der Waals surface area (Å²) >= 11 is 0. The molecule has 0 spiro atoms. The Hall–Kier alpha value is -1.68. The highest BCUT2D eigenvalue weighted by molar-refractivity contribution is 6.91. The van der Waals surface area contributed by atoms with E-state index in [-0.39, 0.29) is 17.3 Å². The second-order valence-electron chi connectivity index (χ2n) is 6.14. The van der Waals surface area contributed by atoms with E-state index in [9.17, 15) is 9.59 Å². The molecule has 3 nitrogen and oxygen atoms in total. The maximum Gasteiger partial charge on any atom is 0.333 e. The molecular weight excluding hydrogens is 280 g/mol. The van der Waals surface area contributed by atoms with E-state index in [1.807, 2.05) is 24.3 Å². The number of rotatable bonds is 5. The zero-order valence-electron chi connectivity index (χ0n) is 12.9. The Labute approximate surface area is 127 Å². The Morgan fingerprint density at radius 3 is 2.62 bits per heavy atom. The third-order valence-electron chi connectivity index (χ3n) is 4.24. The van der Waals surface area contributed by atoms with Crippen LogP contribution in [0.25, 0.3) is 0 Å². The molecule has 0 aliphatic carbocycles. The van der Waals surface area contributed by atoms with Crippen LogP contribution in [0.2, 0.25) is 18.6 Å². The topological polar surface area (TPSA) is 43.4 Å². The molecule has 0 unspecified atom stereocenters. The highest BCUT2D eigenvalue weighted by Crippen LogP contribution is 2.36. The molecule has 21 heavy (non-hydrogen) atoms. The van der Waals surface area contributed by atoms with Gasteiger partial charge in [0.25, 0.3) is 0 Å². The van der Waals surface area contributed by atoms with Gasteiger partial charge in [0, 0.05) is 17.5 Å². The van der Waals surface area contributed by atoms with Crippen molar-refractivity contribution in [1.29, 1.82) is 0 Å². The van der Waals surface area contributed by atoms with Crippen LogP contribution in [0.3, 0.4) is 0 Å². The Kier molecular flexibility index (Phi) is 4.78. The smallest absolute Gasteiger partial charge is 0.333 e. The van der Waals surface area contributed by atoms with Crippen molar-refractivity contribution in [3.8, 4) is 0 Å². The highest BCUT2D eigenvalue weighted by Gasteiger charge is 2.43. The van der Waals surface area contributed by atoms with Gasteiger partial charge >= 0.3 is 5.97 Å². The van der Waals surface area contributed by atoms with Gasteiger partial charge in [-0.1, -0.05) is 54.7 Å². The van der Waals surface area contributed by atoms with Gasteiger partial charge in [0.05, 0.1) is 14.7 Å². The van der Waals surface area contributed by atoms with Gasteiger partial charge in [0.15, 0.2) is 0 Å². The molecule has 112 valence electrons. The quantitative estimate of drug-likeness (QED) is 0.477. The first-order chi connectivity index (χ1) is 9.93. The fourth-order valence-corrected chi connectivity index (χ4v) is 5.76. The maximum absolute atomic E-state index is 12.0. The average molecular weight is 302 g/mol. The Balaban J connectivity index is 2.24. The van der Waals surface area contributed by atoms with Crippen LogP contribution >= 0.6 is 0 Å². The summed E-state index contributed by atoms with van der Waals surface area (Å²) in [6.07, 6.45) is 3.02. The van der Waals surface area contributed by atoms with Gasteiger partial charge in [-0.15, -0.1) is 0 Å². The molecule has 1 aliphatic rings. The monoisotopic (exact) mass is 302 g/mol. The number of carbonyl (C=O) groups is 2. The van der Waals surface area contributed by atoms with Gasteiger partial charge < -0.3 is 9.53 Å². The first kappa shape index (κ1) is 15.7. The lowest BCUT2D eigenvalue weighted by Gasteiger charge is -2.29. The lowest BCUT2D eigenvalue weighted by Crippen LogP contribution is -2.46. The van der Waals surface area contributed by atoms with Crippen LogP contribution in [0.5, 0.6) is 0 Å². The van der Waals surface area contributed by atoms with Gasteiger partial charge in [-0.05, 0) is 13.3 Å². The van der Waals surface area contributed by atoms with Crippen LogP contribution in [-0.4, -0.2) is 26.4 Å². The van der Waals surface area contributed by atoms with Crippen molar-refractivity contribution in [3.63, 3.8) is 0 Å². The fraction of sp³-hybridized carbons (Fsp3) is 0.412. The van der Waals surface area contributed by atoms with E-state index >= 15 is 0 Å². The third kappa shape index (κ3) is 3.50. The number of Topliss-reactive ketones (excluding diaryl/α,β-unsaturated/α-hetero) is 1. The van der Waals surface area contributed by atoms with E-state index in [1.54, 1.807) is 6.92 Å².